The SMILES string of the molecule is C=C(CCC=C(C)CC)C1=C(C)CCC1=O. The third-order valence-corrected chi connectivity index (χ3v) is 3.28. The summed E-state index contributed by atoms with van der Waals surface area (Å²) in [5.74, 6) is 0.290. The van der Waals surface area contributed by atoms with E-state index in [0.29, 0.717) is 12.2 Å². The van der Waals surface area contributed by atoms with E-state index in [1.807, 2.05) is 0 Å². The molecule has 88 valence electrons. The van der Waals surface area contributed by atoms with Crippen molar-refractivity contribution in [1.82, 2.24) is 0 Å². The van der Waals surface area contributed by atoms with E-state index in [-0.39, 0.29) is 0 Å². The van der Waals surface area contributed by atoms with Gasteiger partial charge in [-0.25, -0.2) is 0 Å². The Balaban J connectivity index is 2.54. The van der Waals surface area contributed by atoms with Crippen LogP contribution in [-0.2, 0) is 4.79 Å². The van der Waals surface area contributed by atoms with Gasteiger partial charge in [0.05, 0.1) is 0 Å². The van der Waals surface area contributed by atoms with E-state index in [4.69, 9.17) is 0 Å². The van der Waals surface area contributed by atoms with Gasteiger partial charge in [-0.2, -0.15) is 0 Å². The molecule has 1 heteroatoms. The lowest BCUT2D eigenvalue weighted by Crippen LogP contribution is -1.99. The molecule has 1 aliphatic carbocycles. The maximum Gasteiger partial charge on any atom is 0.163 e. The first-order chi connectivity index (χ1) is 7.56. The molecule has 0 radical (unpaired) electrons. The molecule has 0 fully saturated rings. The van der Waals surface area contributed by atoms with Crippen molar-refractivity contribution in [2.24, 2.45) is 0 Å². The minimum atomic E-state index is 0.290. The summed E-state index contributed by atoms with van der Waals surface area (Å²) in [5.41, 5.74) is 4.60. The fraction of sp³-hybridized carbons (Fsp3) is 0.533. The molecule has 0 aromatic heterocycles. The Morgan fingerprint density at radius 3 is 2.62 bits per heavy atom. The van der Waals surface area contributed by atoms with Crippen LogP contribution in [0.3, 0.4) is 0 Å². The van der Waals surface area contributed by atoms with Gasteiger partial charge < -0.3 is 0 Å². The highest BCUT2D eigenvalue weighted by Crippen LogP contribution is 2.29. The first kappa shape index (κ1) is 13.0. The lowest BCUT2D eigenvalue weighted by Gasteiger charge is -2.06. The smallest absolute Gasteiger partial charge is 0.163 e. The summed E-state index contributed by atoms with van der Waals surface area (Å²) in [6.07, 6.45) is 6.88. The number of carbonyl (C=O) groups is 1. The number of allylic oxidation sites excluding steroid dienone is 5. The largest absolute Gasteiger partial charge is 0.294 e. The van der Waals surface area contributed by atoms with E-state index in [1.54, 1.807) is 0 Å². The molecule has 0 saturated heterocycles. The van der Waals surface area contributed by atoms with Crippen LogP contribution >= 0.6 is 0 Å². The van der Waals surface area contributed by atoms with Crippen LogP contribution in [0.2, 0.25) is 0 Å². The first-order valence-corrected chi connectivity index (χ1v) is 6.13. The highest BCUT2D eigenvalue weighted by molar-refractivity contribution is 6.02. The monoisotopic (exact) mass is 218 g/mol. The van der Waals surface area contributed by atoms with Gasteiger partial charge in [-0.15, -0.1) is 0 Å². The molecular weight excluding hydrogens is 196 g/mol. The van der Waals surface area contributed by atoms with Crippen LogP contribution in [0.25, 0.3) is 0 Å². The van der Waals surface area contributed by atoms with Crippen LogP contribution in [0.5, 0.6) is 0 Å². The predicted molar refractivity (Wildman–Crippen MR) is 69.4 cm³/mol. The minimum absolute atomic E-state index is 0.290. The molecule has 0 spiro atoms. The molecule has 0 aromatic rings. The van der Waals surface area contributed by atoms with E-state index >= 15 is 0 Å². The second-order valence-electron chi connectivity index (χ2n) is 4.62. The summed E-state index contributed by atoms with van der Waals surface area (Å²) >= 11 is 0. The van der Waals surface area contributed by atoms with Crippen molar-refractivity contribution < 1.29 is 4.79 Å². The summed E-state index contributed by atoms with van der Waals surface area (Å²) < 4.78 is 0. The summed E-state index contributed by atoms with van der Waals surface area (Å²) in [5, 5.41) is 0. The van der Waals surface area contributed by atoms with Gasteiger partial charge in [0.15, 0.2) is 5.78 Å². The van der Waals surface area contributed by atoms with E-state index in [9.17, 15) is 4.79 Å². The van der Waals surface area contributed by atoms with Crippen molar-refractivity contribution in [3.05, 3.63) is 34.9 Å². The van der Waals surface area contributed by atoms with E-state index in [2.05, 4.69) is 33.4 Å². The van der Waals surface area contributed by atoms with Crippen LogP contribution in [0.4, 0.5) is 0 Å². The number of carbonyl (C=O) groups excluding carboxylic acids is 1. The summed E-state index contributed by atoms with van der Waals surface area (Å²) in [6.45, 7) is 10.4. The lowest BCUT2D eigenvalue weighted by molar-refractivity contribution is -0.114. The molecule has 0 aromatic carbocycles. The molecule has 1 nitrogen and oxygen atoms in total. The first-order valence-electron chi connectivity index (χ1n) is 6.13. The molecule has 0 unspecified atom stereocenters. The molecule has 0 saturated carbocycles. The van der Waals surface area contributed by atoms with Crippen LogP contribution in [0.15, 0.2) is 34.9 Å². The van der Waals surface area contributed by atoms with E-state index in [1.165, 1.54) is 11.1 Å². The summed E-state index contributed by atoms with van der Waals surface area (Å²) in [6, 6.07) is 0. The van der Waals surface area contributed by atoms with Gasteiger partial charge >= 0.3 is 0 Å². The molecule has 0 amide bonds. The molecule has 0 heterocycles. The van der Waals surface area contributed by atoms with Crippen molar-refractivity contribution in [3.63, 3.8) is 0 Å². The van der Waals surface area contributed by atoms with Gasteiger partial charge in [-0.1, -0.05) is 30.7 Å². The zero-order valence-corrected chi connectivity index (χ0v) is 10.7. The van der Waals surface area contributed by atoms with Gasteiger partial charge in [-0.05, 0) is 45.1 Å². The summed E-state index contributed by atoms with van der Waals surface area (Å²) in [4.78, 5) is 11.6. The Hall–Kier alpha value is -1.11. The molecule has 0 atom stereocenters. The third-order valence-electron chi connectivity index (χ3n) is 3.28. The topological polar surface area (TPSA) is 17.1 Å². The molecule has 1 aliphatic rings. The van der Waals surface area contributed by atoms with Crippen LogP contribution in [0.1, 0.15) is 52.9 Å². The van der Waals surface area contributed by atoms with Crippen molar-refractivity contribution in [1.29, 1.82) is 0 Å². The Bertz CT molecular complexity index is 356. The molecule has 1 rings (SSSR count). The van der Waals surface area contributed by atoms with Crippen molar-refractivity contribution in [3.8, 4) is 0 Å². The number of ketones is 1. The molecule has 0 aliphatic heterocycles. The number of hydrogen-bond donors (Lipinski definition) is 0. The fourth-order valence-corrected chi connectivity index (χ4v) is 2.05. The molecule has 0 N–H and O–H groups in total. The van der Waals surface area contributed by atoms with Crippen molar-refractivity contribution >= 4 is 5.78 Å². The van der Waals surface area contributed by atoms with Crippen LogP contribution in [-0.4, -0.2) is 5.78 Å². The number of hydrogen-bond acceptors (Lipinski definition) is 1. The highest BCUT2D eigenvalue weighted by atomic mass is 16.1. The van der Waals surface area contributed by atoms with Gasteiger partial charge in [0, 0.05) is 12.0 Å². The third kappa shape index (κ3) is 3.19. The minimum Gasteiger partial charge on any atom is -0.294 e. The van der Waals surface area contributed by atoms with Crippen molar-refractivity contribution in [2.45, 2.75) is 52.9 Å². The zero-order chi connectivity index (χ0) is 12.1. The Morgan fingerprint density at radius 2 is 2.12 bits per heavy atom. The van der Waals surface area contributed by atoms with Gasteiger partial charge in [-0.3, -0.25) is 4.79 Å². The average Bonchev–Trinajstić information content (AvgIpc) is 2.58. The van der Waals surface area contributed by atoms with Crippen LogP contribution in [0, 0.1) is 0 Å². The number of Topliss-reactive ketones (excluding diaryl/α,β-unsaturated/α-hetero) is 1. The average molecular weight is 218 g/mol. The van der Waals surface area contributed by atoms with E-state index in [0.717, 1.165) is 36.8 Å². The molecule has 16 heavy (non-hydrogen) atoms. The number of rotatable bonds is 5. The Kier molecular flexibility index (Phi) is 4.72. The van der Waals surface area contributed by atoms with E-state index < -0.39 is 0 Å². The Labute approximate surface area is 98.9 Å². The van der Waals surface area contributed by atoms with Gasteiger partial charge in [0.2, 0.25) is 0 Å². The van der Waals surface area contributed by atoms with Crippen LogP contribution < -0.4 is 0 Å². The second kappa shape index (κ2) is 5.83. The lowest BCUT2D eigenvalue weighted by atomic mass is 9.98. The predicted octanol–water partition coefficient (Wildman–Crippen LogP) is 4.36. The second-order valence-corrected chi connectivity index (χ2v) is 4.62. The van der Waals surface area contributed by atoms with Crippen molar-refractivity contribution in [2.75, 3.05) is 0 Å². The van der Waals surface area contributed by atoms with Gasteiger partial charge in [0.25, 0.3) is 0 Å². The highest BCUT2D eigenvalue weighted by Gasteiger charge is 2.21. The molecule has 0 bridgehead atoms. The maximum atomic E-state index is 11.6. The fourth-order valence-electron chi connectivity index (χ4n) is 2.05. The normalized spacial score (nSPS) is 17.2. The zero-order valence-electron chi connectivity index (χ0n) is 10.7. The quantitative estimate of drug-likeness (QED) is 0.627. The Morgan fingerprint density at radius 1 is 1.44 bits per heavy atom. The molecular formula is C15H22O. The maximum absolute atomic E-state index is 11.6. The summed E-state index contributed by atoms with van der Waals surface area (Å²) in [7, 11) is 0. The van der Waals surface area contributed by atoms with Gasteiger partial charge in [0.1, 0.15) is 0 Å². The standard InChI is InChI=1S/C15H22O/c1-5-11(2)7-6-8-12(3)15-13(4)9-10-14(15)16/h7H,3,5-6,8-10H2,1-2,4H3.